The van der Waals surface area contributed by atoms with Crippen molar-refractivity contribution in [2.45, 2.75) is 6.92 Å². The molecule has 2 aromatic rings. The number of para-hydroxylation sites is 2. The van der Waals surface area contributed by atoms with E-state index in [-0.39, 0.29) is 5.91 Å². The number of carbonyl (C=O) groups excluding carboxylic acids is 1. The van der Waals surface area contributed by atoms with Crippen molar-refractivity contribution in [3.63, 3.8) is 0 Å². The van der Waals surface area contributed by atoms with Crippen LogP contribution in [-0.2, 0) is 0 Å². The van der Waals surface area contributed by atoms with E-state index in [1.807, 2.05) is 49.4 Å². The maximum Gasteiger partial charge on any atom is 0.255 e. The average molecular weight is 310 g/mol. The highest BCUT2D eigenvalue weighted by atomic mass is 16.1. The van der Waals surface area contributed by atoms with Crippen molar-refractivity contribution >= 4 is 17.3 Å². The highest BCUT2D eigenvalue weighted by molar-refractivity contribution is 6.06. The van der Waals surface area contributed by atoms with Gasteiger partial charge in [-0.25, -0.2) is 0 Å². The largest absolute Gasteiger partial charge is 0.359 e. The Bertz CT molecular complexity index is 691. The van der Waals surface area contributed by atoms with E-state index in [4.69, 9.17) is 0 Å². The van der Waals surface area contributed by atoms with Gasteiger partial charge in [0.1, 0.15) is 0 Å². The van der Waals surface area contributed by atoms with Crippen LogP contribution in [0.25, 0.3) is 0 Å². The lowest BCUT2D eigenvalue weighted by molar-refractivity contribution is -0.880. The molecular weight excluding hydrogens is 286 g/mol. The summed E-state index contributed by atoms with van der Waals surface area (Å²) in [4.78, 5) is 16.5. The summed E-state index contributed by atoms with van der Waals surface area (Å²) in [6, 6.07) is 15.8. The first kappa shape index (κ1) is 15.6. The monoisotopic (exact) mass is 310 g/mol. The van der Waals surface area contributed by atoms with Crippen molar-refractivity contribution in [3.05, 3.63) is 59.7 Å². The smallest absolute Gasteiger partial charge is 0.255 e. The lowest BCUT2D eigenvalue weighted by atomic mass is 10.1. The second-order valence-corrected chi connectivity index (χ2v) is 6.23. The van der Waals surface area contributed by atoms with Gasteiger partial charge in [-0.3, -0.25) is 4.79 Å². The summed E-state index contributed by atoms with van der Waals surface area (Å²) in [7, 11) is 2.23. The standard InChI is InChI=1S/C19H23N3O/c1-15-7-3-4-8-16(15)19(23)20-17-9-5-6-10-18(17)22-13-11-21(2)12-14-22/h3-10H,11-14H2,1-2H3,(H,20,23)/p+1. The van der Waals surface area contributed by atoms with Crippen LogP contribution in [0.15, 0.2) is 48.5 Å². The number of likely N-dealkylation sites (N-methyl/N-ethyl adjacent to an activating group) is 1. The van der Waals surface area contributed by atoms with Crippen molar-refractivity contribution in [1.82, 2.24) is 0 Å². The number of amides is 1. The van der Waals surface area contributed by atoms with Gasteiger partial charge < -0.3 is 15.1 Å². The number of rotatable bonds is 3. The van der Waals surface area contributed by atoms with Crippen LogP contribution in [0.2, 0.25) is 0 Å². The maximum absolute atomic E-state index is 12.6. The van der Waals surface area contributed by atoms with Crippen LogP contribution >= 0.6 is 0 Å². The zero-order chi connectivity index (χ0) is 16.2. The molecule has 1 amide bonds. The Morgan fingerprint density at radius 2 is 1.70 bits per heavy atom. The van der Waals surface area contributed by atoms with Crippen LogP contribution in [0.1, 0.15) is 15.9 Å². The topological polar surface area (TPSA) is 36.8 Å². The number of nitrogens with zero attached hydrogens (tertiary/aromatic N) is 1. The number of carbonyl (C=O) groups is 1. The van der Waals surface area contributed by atoms with Gasteiger partial charge in [-0.1, -0.05) is 30.3 Å². The van der Waals surface area contributed by atoms with Crippen molar-refractivity contribution in [2.24, 2.45) is 0 Å². The molecule has 0 spiro atoms. The summed E-state index contributed by atoms with van der Waals surface area (Å²) in [5, 5.41) is 3.09. The fourth-order valence-electron chi connectivity index (χ4n) is 3.00. The second kappa shape index (κ2) is 6.84. The summed E-state index contributed by atoms with van der Waals surface area (Å²) in [6.07, 6.45) is 0. The molecule has 4 nitrogen and oxygen atoms in total. The fourth-order valence-corrected chi connectivity index (χ4v) is 3.00. The second-order valence-electron chi connectivity index (χ2n) is 6.23. The molecule has 1 aliphatic heterocycles. The molecule has 4 heteroatoms. The van der Waals surface area contributed by atoms with Crippen LogP contribution in [0.5, 0.6) is 0 Å². The van der Waals surface area contributed by atoms with E-state index in [0.29, 0.717) is 0 Å². The SMILES string of the molecule is Cc1ccccc1C(=O)Nc1ccccc1N1CC[NH+](C)CC1. The van der Waals surface area contributed by atoms with E-state index in [9.17, 15) is 4.79 Å². The molecule has 2 aromatic carbocycles. The Morgan fingerprint density at radius 3 is 2.43 bits per heavy atom. The third kappa shape index (κ3) is 3.54. The molecule has 0 saturated carbocycles. The third-order valence-electron chi connectivity index (χ3n) is 4.50. The summed E-state index contributed by atoms with van der Waals surface area (Å²) >= 11 is 0. The molecule has 0 aromatic heterocycles. The predicted molar refractivity (Wildman–Crippen MR) is 94.4 cm³/mol. The van der Waals surface area contributed by atoms with Crippen LogP contribution in [0, 0.1) is 6.92 Å². The number of hydrogen-bond acceptors (Lipinski definition) is 2. The molecule has 3 rings (SSSR count). The van der Waals surface area contributed by atoms with Gasteiger partial charge in [-0.05, 0) is 30.7 Å². The first-order valence-corrected chi connectivity index (χ1v) is 8.17. The molecule has 120 valence electrons. The lowest BCUT2D eigenvalue weighted by Crippen LogP contribution is -3.12. The Labute approximate surface area is 137 Å². The Balaban J connectivity index is 1.81. The van der Waals surface area contributed by atoms with Gasteiger partial charge in [0.05, 0.1) is 44.6 Å². The van der Waals surface area contributed by atoms with Gasteiger partial charge >= 0.3 is 0 Å². The molecule has 0 unspecified atom stereocenters. The zero-order valence-electron chi connectivity index (χ0n) is 13.8. The van der Waals surface area contributed by atoms with Gasteiger partial charge in [0.15, 0.2) is 0 Å². The summed E-state index contributed by atoms with van der Waals surface area (Å²) in [6.45, 7) is 6.25. The first-order chi connectivity index (χ1) is 11.1. The number of hydrogen-bond donors (Lipinski definition) is 2. The third-order valence-corrected chi connectivity index (χ3v) is 4.50. The minimum absolute atomic E-state index is 0.0460. The molecule has 0 bridgehead atoms. The lowest BCUT2D eigenvalue weighted by Gasteiger charge is -2.33. The Kier molecular flexibility index (Phi) is 4.63. The van der Waals surface area contributed by atoms with E-state index in [0.717, 1.165) is 48.7 Å². The summed E-state index contributed by atoms with van der Waals surface area (Å²) in [5.41, 5.74) is 3.72. The average Bonchev–Trinajstić information content (AvgIpc) is 2.56. The van der Waals surface area contributed by atoms with Crippen molar-refractivity contribution < 1.29 is 9.69 Å². The van der Waals surface area contributed by atoms with Gasteiger partial charge in [-0.15, -0.1) is 0 Å². The van der Waals surface area contributed by atoms with Crippen LogP contribution in [0.3, 0.4) is 0 Å². The fraction of sp³-hybridized carbons (Fsp3) is 0.316. The highest BCUT2D eigenvalue weighted by Gasteiger charge is 2.20. The molecule has 1 saturated heterocycles. The molecule has 1 heterocycles. The van der Waals surface area contributed by atoms with E-state index in [2.05, 4.69) is 23.3 Å². The quantitative estimate of drug-likeness (QED) is 0.903. The molecular formula is C19H24N3O+. The minimum Gasteiger partial charge on any atom is -0.359 e. The number of quaternary nitrogens is 1. The van der Waals surface area contributed by atoms with Crippen LogP contribution < -0.4 is 15.1 Å². The Hall–Kier alpha value is -2.33. The number of piperazine rings is 1. The van der Waals surface area contributed by atoms with E-state index < -0.39 is 0 Å². The molecule has 2 N–H and O–H groups in total. The van der Waals surface area contributed by atoms with Gasteiger partial charge in [0.2, 0.25) is 0 Å². The van der Waals surface area contributed by atoms with Gasteiger partial charge in [0, 0.05) is 5.56 Å². The highest BCUT2D eigenvalue weighted by Crippen LogP contribution is 2.26. The van der Waals surface area contributed by atoms with Crippen LogP contribution in [0.4, 0.5) is 11.4 Å². The molecule has 0 aliphatic carbocycles. The maximum atomic E-state index is 12.6. The predicted octanol–water partition coefficient (Wildman–Crippen LogP) is 1.58. The first-order valence-electron chi connectivity index (χ1n) is 8.17. The molecule has 0 atom stereocenters. The van der Waals surface area contributed by atoms with Gasteiger partial charge in [0.25, 0.3) is 5.91 Å². The minimum atomic E-state index is -0.0460. The molecule has 0 radical (unpaired) electrons. The zero-order valence-corrected chi connectivity index (χ0v) is 13.8. The van der Waals surface area contributed by atoms with Crippen molar-refractivity contribution in [1.29, 1.82) is 0 Å². The summed E-state index contributed by atoms with van der Waals surface area (Å²) in [5.74, 6) is -0.0460. The van der Waals surface area contributed by atoms with Crippen molar-refractivity contribution in [2.75, 3.05) is 43.4 Å². The van der Waals surface area contributed by atoms with Crippen LogP contribution in [-0.4, -0.2) is 39.1 Å². The molecule has 23 heavy (non-hydrogen) atoms. The number of benzene rings is 2. The number of aryl methyl sites for hydroxylation is 1. The van der Waals surface area contributed by atoms with E-state index >= 15 is 0 Å². The van der Waals surface area contributed by atoms with E-state index in [1.165, 1.54) is 0 Å². The number of nitrogens with one attached hydrogen (secondary N) is 2. The Morgan fingerprint density at radius 1 is 1.04 bits per heavy atom. The summed E-state index contributed by atoms with van der Waals surface area (Å²) < 4.78 is 0. The molecule has 1 aliphatic rings. The molecule has 1 fully saturated rings. The van der Waals surface area contributed by atoms with Gasteiger partial charge in [-0.2, -0.15) is 0 Å². The number of anilines is 2. The van der Waals surface area contributed by atoms with E-state index in [1.54, 1.807) is 4.90 Å². The van der Waals surface area contributed by atoms with Crippen molar-refractivity contribution in [3.8, 4) is 0 Å². The normalized spacial score (nSPS) is 15.5.